The van der Waals surface area contributed by atoms with E-state index >= 15 is 0 Å². The molecule has 0 aromatic carbocycles. The molecule has 6 heteroatoms. The zero-order valence-corrected chi connectivity index (χ0v) is 13.0. The number of nitrogens with one attached hydrogen (secondary N) is 1. The summed E-state index contributed by atoms with van der Waals surface area (Å²) in [5.74, 6) is 0.882. The molecule has 20 heavy (non-hydrogen) atoms. The van der Waals surface area contributed by atoms with E-state index in [4.69, 9.17) is 14.2 Å². The van der Waals surface area contributed by atoms with Gasteiger partial charge < -0.3 is 19.5 Å². The van der Waals surface area contributed by atoms with Crippen molar-refractivity contribution < 1.29 is 14.2 Å². The fraction of sp³-hybridized carbons (Fsp3) is 0.786. The highest BCUT2D eigenvalue weighted by molar-refractivity contribution is 5.32. The first-order chi connectivity index (χ1) is 9.58. The number of likely N-dealkylation sites (N-methyl/N-ethyl adjacent to an activating group) is 1. The van der Waals surface area contributed by atoms with Crippen LogP contribution in [0.2, 0.25) is 0 Å². The summed E-state index contributed by atoms with van der Waals surface area (Å²) >= 11 is 0. The second kappa shape index (κ2) is 6.56. The average molecular weight is 283 g/mol. The van der Waals surface area contributed by atoms with Gasteiger partial charge in [0.2, 0.25) is 0 Å². The maximum absolute atomic E-state index is 6.12. The van der Waals surface area contributed by atoms with E-state index in [2.05, 4.69) is 10.4 Å². The first-order valence-electron chi connectivity index (χ1n) is 7.03. The van der Waals surface area contributed by atoms with Crippen LogP contribution in [0.1, 0.15) is 17.8 Å². The molecule has 0 aliphatic heterocycles. The molecule has 0 bridgehead atoms. The maximum atomic E-state index is 6.12. The van der Waals surface area contributed by atoms with Crippen LogP contribution in [0.25, 0.3) is 0 Å². The number of hydrogen-bond donors (Lipinski definition) is 1. The van der Waals surface area contributed by atoms with Gasteiger partial charge in [0.25, 0.3) is 0 Å². The van der Waals surface area contributed by atoms with Crippen molar-refractivity contribution in [1.82, 2.24) is 15.1 Å². The third-order valence-electron chi connectivity index (χ3n) is 3.93. The van der Waals surface area contributed by atoms with Gasteiger partial charge in [-0.1, -0.05) is 0 Å². The Morgan fingerprint density at radius 2 is 2.10 bits per heavy atom. The average Bonchev–Trinajstić information content (AvgIpc) is 2.64. The normalized spacial score (nSPS) is 25.6. The van der Waals surface area contributed by atoms with Crippen molar-refractivity contribution in [2.45, 2.75) is 38.5 Å². The summed E-state index contributed by atoms with van der Waals surface area (Å²) in [5, 5.41) is 7.64. The minimum atomic E-state index is 0.0640. The van der Waals surface area contributed by atoms with E-state index in [0.717, 1.165) is 23.6 Å². The Bertz CT molecular complexity index is 447. The van der Waals surface area contributed by atoms with Crippen LogP contribution in [0, 0.1) is 13.8 Å². The molecule has 1 N–H and O–H groups in total. The number of nitrogens with zero attached hydrogens (tertiary/aromatic N) is 2. The lowest BCUT2D eigenvalue weighted by Crippen LogP contribution is -2.60. The van der Waals surface area contributed by atoms with Crippen molar-refractivity contribution in [3.63, 3.8) is 0 Å². The van der Waals surface area contributed by atoms with Gasteiger partial charge >= 0.3 is 0 Å². The molecule has 0 saturated heterocycles. The van der Waals surface area contributed by atoms with Crippen molar-refractivity contribution in [3.05, 3.63) is 11.4 Å². The summed E-state index contributed by atoms with van der Waals surface area (Å²) < 4.78 is 18.8. The Kier molecular flexibility index (Phi) is 5.01. The van der Waals surface area contributed by atoms with Gasteiger partial charge in [0.05, 0.1) is 18.9 Å². The molecule has 6 nitrogen and oxygen atoms in total. The van der Waals surface area contributed by atoms with Crippen LogP contribution in [0.4, 0.5) is 0 Å². The lowest BCUT2D eigenvalue weighted by Gasteiger charge is -2.43. The van der Waals surface area contributed by atoms with Gasteiger partial charge in [-0.25, -0.2) is 0 Å². The van der Waals surface area contributed by atoms with E-state index in [1.807, 2.05) is 32.6 Å². The lowest BCUT2D eigenvalue weighted by molar-refractivity contribution is -0.114. The second-order valence-corrected chi connectivity index (χ2v) is 5.24. The zero-order chi connectivity index (χ0) is 14.7. The molecule has 0 amide bonds. The van der Waals surface area contributed by atoms with Crippen LogP contribution in [0.15, 0.2) is 0 Å². The highest BCUT2D eigenvalue weighted by atomic mass is 16.6. The molecular formula is C14H25N3O3. The SMILES string of the molecule is CNC1CC(Oc2c(C)nn(C)c2C)C1OCCOC. The molecule has 114 valence electrons. The molecule has 2 rings (SSSR count). The summed E-state index contributed by atoms with van der Waals surface area (Å²) in [7, 11) is 5.56. The summed E-state index contributed by atoms with van der Waals surface area (Å²) in [6.45, 7) is 5.18. The molecule has 3 unspecified atom stereocenters. The number of ether oxygens (including phenoxy) is 3. The molecule has 3 atom stereocenters. The van der Waals surface area contributed by atoms with Gasteiger partial charge in [-0.05, 0) is 20.9 Å². The van der Waals surface area contributed by atoms with Crippen LogP contribution >= 0.6 is 0 Å². The summed E-state index contributed by atoms with van der Waals surface area (Å²) in [6, 6.07) is 0.342. The second-order valence-electron chi connectivity index (χ2n) is 5.24. The topological polar surface area (TPSA) is 57.5 Å². The highest BCUT2D eigenvalue weighted by Gasteiger charge is 2.43. The number of rotatable bonds is 7. The van der Waals surface area contributed by atoms with Crippen LogP contribution < -0.4 is 10.1 Å². The third kappa shape index (κ3) is 2.97. The monoisotopic (exact) mass is 283 g/mol. The minimum Gasteiger partial charge on any atom is -0.484 e. The summed E-state index contributed by atoms with van der Waals surface area (Å²) in [6.07, 6.45) is 1.09. The summed E-state index contributed by atoms with van der Waals surface area (Å²) in [4.78, 5) is 0. The van der Waals surface area contributed by atoms with Gasteiger partial charge in [0.15, 0.2) is 5.75 Å². The largest absolute Gasteiger partial charge is 0.484 e. The van der Waals surface area contributed by atoms with E-state index in [9.17, 15) is 0 Å². The predicted molar refractivity (Wildman–Crippen MR) is 76.2 cm³/mol. The van der Waals surface area contributed by atoms with Gasteiger partial charge in [0, 0.05) is 26.6 Å². The molecule has 1 aromatic heterocycles. The van der Waals surface area contributed by atoms with Crippen molar-refractivity contribution in [2.24, 2.45) is 7.05 Å². The third-order valence-corrected chi connectivity index (χ3v) is 3.93. The van der Waals surface area contributed by atoms with Crippen LogP contribution in [-0.2, 0) is 16.5 Å². The Morgan fingerprint density at radius 1 is 1.35 bits per heavy atom. The Labute approximate surface area is 120 Å². The summed E-state index contributed by atoms with van der Waals surface area (Å²) in [5.41, 5.74) is 1.97. The zero-order valence-electron chi connectivity index (χ0n) is 13.0. The Balaban J connectivity index is 1.97. The van der Waals surface area contributed by atoms with Crippen LogP contribution in [0.3, 0.4) is 0 Å². The van der Waals surface area contributed by atoms with E-state index in [-0.39, 0.29) is 12.2 Å². The van der Waals surface area contributed by atoms with Crippen molar-refractivity contribution in [2.75, 3.05) is 27.4 Å². The maximum Gasteiger partial charge on any atom is 0.163 e. The quantitative estimate of drug-likeness (QED) is 0.750. The Morgan fingerprint density at radius 3 is 2.65 bits per heavy atom. The molecular weight excluding hydrogens is 258 g/mol. The minimum absolute atomic E-state index is 0.0640. The standard InChI is InChI=1S/C14H25N3O3/c1-9-13(10(2)17(4)16-9)20-12-8-11(15-3)14(12)19-7-6-18-5/h11-12,14-15H,6-8H2,1-5H3. The van der Waals surface area contributed by atoms with Crippen LogP contribution in [0.5, 0.6) is 5.75 Å². The highest BCUT2D eigenvalue weighted by Crippen LogP contribution is 2.32. The first kappa shape index (κ1) is 15.3. The van der Waals surface area contributed by atoms with Gasteiger partial charge in [-0.15, -0.1) is 0 Å². The van der Waals surface area contributed by atoms with Crippen molar-refractivity contribution >= 4 is 0 Å². The van der Waals surface area contributed by atoms with Crippen LogP contribution in [-0.4, -0.2) is 55.4 Å². The predicted octanol–water partition coefficient (Wildman–Crippen LogP) is 0.808. The number of aryl methyl sites for hydroxylation is 2. The van der Waals surface area contributed by atoms with E-state index in [1.54, 1.807) is 7.11 Å². The van der Waals surface area contributed by atoms with Crippen molar-refractivity contribution in [1.29, 1.82) is 0 Å². The molecule has 1 aromatic rings. The van der Waals surface area contributed by atoms with Gasteiger partial charge in [0.1, 0.15) is 17.9 Å². The molecule has 1 aliphatic carbocycles. The molecule has 1 fully saturated rings. The van der Waals surface area contributed by atoms with Crippen molar-refractivity contribution in [3.8, 4) is 5.75 Å². The van der Waals surface area contributed by atoms with E-state index in [1.165, 1.54) is 0 Å². The Hall–Kier alpha value is -1.11. The molecule has 1 heterocycles. The molecule has 1 saturated carbocycles. The van der Waals surface area contributed by atoms with E-state index < -0.39 is 0 Å². The number of methoxy groups -OCH3 is 1. The van der Waals surface area contributed by atoms with E-state index in [0.29, 0.717) is 19.3 Å². The fourth-order valence-corrected chi connectivity index (χ4v) is 2.55. The van der Waals surface area contributed by atoms with Gasteiger partial charge in [-0.2, -0.15) is 5.10 Å². The number of hydrogen-bond acceptors (Lipinski definition) is 5. The molecule has 0 radical (unpaired) electrons. The molecule has 1 aliphatic rings. The first-order valence-corrected chi connectivity index (χ1v) is 7.03. The number of aromatic nitrogens is 2. The lowest BCUT2D eigenvalue weighted by atomic mass is 9.85. The van der Waals surface area contributed by atoms with Gasteiger partial charge in [-0.3, -0.25) is 4.68 Å². The fourth-order valence-electron chi connectivity index (χ4n) is 2.55. The smallest absolute Gasteiger partial charge is 0.163 e. The molecule has 0 spiro atoms.